The van der Waals surface area contributed by atoms with Crippen molar-refractivity contribution in [1.29, 1.82) is 0 Å². The molecule has 1 atom stereocenters. The van der Waals surface area contributed by atoms with Gasteiger partial charge in [0.15, 0.2) is 0 Å². The van der Waals surface area contributed by atoms with E-state index in [1.54, 1.807) is 4.90 Å². The van der Waals surface area contributed by atoms with E-state index >= 15 is 0 Å². The van der Waals surface area contributed by atoms with Crippen molar-refractivity contribution in [3.8, 4) is 0 Å². The van der Waals surface area contributed by atoms with Crippen molar-refractivity contribution in [3.05, 3.63) is 39.9 Å². The van der Waals surface area contributed by atoms with Gasteiger partial charge in [-0.3, -0.25) is 14.9 Å². The number of nitro groups is 1. The summed E-state index contributed by atoms with van der Waals surface area (Å²) in [6, 6.07) is 5.49. The Hall–Kier alpha value is -1.98. The average molecular weight is 280 g/mol. The average Bonchev–Trinajstić information content (AvgIpc) is 2.87. The lowest BCUT2D eigenvalue weighted by atomic mass is 9.92. The first-order valence-electron chi connectivity index (χ1n) is 6.51. The number of carbonyl (C=O) groups is 1. The molecule has 1 aromatic carbocycles. The van der Waals surface area contributed by atoms with Crippen LogP contribution in [-0.2, 0) is 0 Å². The van der Waals surface area contributed by atoms with E-state index in [1.165, 1.54) is 38.1 Å². The van der Waals surface area contributed by atoms with Crippen LogP contribution in [0.15, 0.2) is 24.3 Å². The Bertz CT molecular complexity index is 522. The first-order valence-corrected chi connectivity index (χ1v) is 6.51. The van der Waals surface area contributed by atoms with Gasteiger partial charge < -0.3 is 4.90 Å². The first kappa shape index (κ1) is 14.4. The van der Waals surface area contributed by atoms with Gasteiger partial charge in [-0.1, -0.05) is 0 Å². The molecule has 0 radical (unpaired) electrons. The number of carbonyl (C=O) groups excluding carboxylic acids is 1. The molecule has 0 aliphatic carbocycles. The third-order valence-corrected chi connectivity index (χ3v) is 3.77. The van der Waals surface area contributed by atoms with E-state index in [2.05, 4.69) is 0 Å². The van der Waals surface area contributed by atoms with Crippen LogP contribution in [0.1, 0.15) is 30.6 Å². The number of hydrogen-bond donors (Lipinski definition) is 0. The number of amides is 1. The van der Waals surface area contributed by atoms with Crippen LogP contribution in [0.25, 0.3) is 0 Å². The molecule has 1 aromatic rings. The van der Waals surface area contributed by atoms with Crippen LogP contribution in [-0.4, -0.2) is 34.5 Å². The Kier molecular flexibility index (Phi) is 3.74. The maximum atomic E-state index is 13.9. The number of alkyl halides is 1. The van der Waals surface area contributed by atoms with Gasteiger partial charge in [-0.25, -0.2) is 4.39 Å². The Morgan fingerprint density at radius 1 is 1.40 bits per heavy atom. The third kappa shape index (κ3) is 2.95. The van der Waals surface area contributed by atoms with Crippen molar-refractivity contribution in [1.82, 2.24) is 4.90 Å². The highest BCUT2D eigenvalue weighted by Gasteiger charge is 2.37. The van der Waals surface area contributed by atoms with Crippen molar-refractivity contribution in [2.75, 3.05) is 13.1 Å². The van der Waals surface area contributed by atoms with E-state index in [0.717, 1.165) is 0 Å². The standard InChI is InChI=1S/C14H17FN2O3/c1-14(2,15)11-7-8-16(9-11)13(18)10-3-5-12(6-4-10)17(19)20/h3-6,11H,7-9H2,1-2H3. The second kappa shape index (κ2) is 5.19. The minimum Gasteiger partial charge on any atom is -0.338 e. The van der Waals surface area contributed by atoms with Gasteiger partial charge in [0, 0.05) is 36.7 Å². The quantitative estimate of drug-likeness (QED) is 0.631. The van der Waals surface area contributed by atoms with E-state index < -0.39 is 10.6 Å². The summed E-state index contributed by atoms with van der Waals surface area (Å²) in [5, 5.41) is 10.6. The Labute approximate surface area is 116 Å². The number of likely N-dealkylation sites (tertiary alicyclic amines) is 1. The van der Waals surface area contributed by atoms with Gasteiger partial charge in [0.25, 0.3) is 11.6 Å². The molecule has 20 heavy (non-hydrogen) atoms. The zero-order valence-electron chi connectivity index (χ0n) is 11.5. The number of benzene rings is 1. The Morgan fingerprint density at radius 3 is 2.45 bits per heavy atom. The van der Waals surface area contributed by atoms with Gasteiger partial charge >= 0.3 is 0 Å². The van der Waals surface area contributed by atoms with Gasteiger partial charge in [0.2, 0.25) is 0 Å². The second-order valence-corrected chi connectivity index (χ2v) is 5.61. The molecule has 0 spiro atoms. The zero-order chi connectivity index (χ0) is 14.9. The summed E-state index contributed by atoms with van der Waals surface area (Å²) in [6.07, 6.45) is 0.641. The van der Waals surface area contributed by atoms with Crippen LogP contribution >= 0.6 is 0 Å². The van der Waals surface area contributed by atoms with Crippen LogP contribution in [0.4, 0.5) is 10.1 Å². The molecule has 1 heterocycles. The summed E-state index contributed by atoms with van der Waals surface area (Å²) in [5.74, 6) is -0.365. The fourth-order valence-electron chi connectivity index (χ4n) is 2.41. The molecule has 1 saturated heterocycles. The lowest BCUT2D eigenvalue weighted by molar-refractivity contribution is -0.384. The minimum atomic E-state index is -1.30. The highest BCUT2D eigenvalue weighted by Crippen LogP contribution is 2.31. The van der Waals surface area contributed by atoms with Crippen molar-refractivity contribution in [3.63, 3.8) is 0 Å². The largest absolute Gasteiger partial charge is 0.338 e. The predicted octanol–water partition coefficient (Wildman–Crippen LogP) is 2.81. The number of rotatable bonds is 3. The van der Waals surface area contributed by atoms with Gasteiger partial charge in [-0.05, 0) is 32.4 Å². The molecular formula is C14H17FN2O3. The molecule has 1 amide bonds. The van der Waals surface area contributed by atoms with Crippen molar-refractivity contribution in [2.24, 2.45) is 5.92 Å². The van der Waals surface area contributed by atoms with E-state index in [1.807, 2.05) is 0 Å². The number of nitro benzene ring substituents is 1. The second-order valence-electron chi connectivity index (χ2n) is 5.61. The summed E-state index contributed by atoms with van der Waals surface area (Å²) in [7, 11) is 0. The van der Waals surface area contributed by atoms with Crippen LogP contribution < -0.4 is 0 Å². The summed E-state index contributed by atoms with van der Waals surface area (Å²) in [6.45, 7) is 3.96. The Balaban J connectivity index is 2.07. The maximum absolute atomic E-state index is 13.9. The maximum Gasteiger partial charge on any atom is 0.269 e. The number of halogens is 1. The fourth-order valence-corrected chi connectivity index (χ4v) is 2.41. The molecule has 1 aliphatic heterocycles. The first-order chi connectivity index (χ1) is 9.29. The monoisotopic (exact) mass is 280 g/mol. The van der Waals surface area contributed by atoms with Gasteiger partial charge in [-0.2, -0.15) is 0 Å². The van der Waals surface area contributed by atoms with Gasteiger partial charge in [-0.15, -0.1) is 0 Å². The van der Waals surface area contributed by atoms with Crippen LogP contribution in [0, 0.1) is 16.0 Å². The highest BCUT2D eigenvalue weighted by molar-refractivity contribution is 5.94. The molecule has 6 heteroatoms. The molecule has 2 rings (SSSR count). The lowest BCUT2D eigenvalue weighted by Crippen LogP contribution is -2.33. The number of non-ortho nitro benzene ring substituents is 1. The smallest absolute Gasteiger partial charge is 0.269 e. The van der Waals surface area contributed by atoms with Crippen molar-refractivity contribution >= 4 is 11.6 Å². The molecule has 1 fully saturated rings. The molecule has 0 N–H and O–H groups in total. The third-order valence-electron chi connectivity index (χ3n) is 3.77. The predicted molar refractivity (Wildman–Crippen MR) is 72.3 cm³/mol. The van der Waals surface area contributed by atoms with Crippen LogP contribution in [0.3, 0.4) is 0 Å². The number of nitrogens with zero attached hydrogens (tertiary/aromatic N) is 2. The zero-order valence-corrected chi connectivity index (χ0v) is 11.5. The normalized spacial score (nSPS) is 19.1. The summed E-state index contributed by atoms with van der Waals surface area (Å²) in [4.78, 5) is 23.9. The fraction of sp³-hybridized carbons (Fsp3) is 0.500. The minimum absolute atomic E-state index is 0.0502. The Morgan fingerprint density at radius 2 is 2.00 bits per heavy atom. The van der Waals surface area contributed by atoms with Crippen LogP contribution in [0.5, 0.6) is 0 Å². The molecular weight excluding hydrogens is 263 g/mol. The SMILES string of the molecule is CC(C)(F)C1CCN(C(=O)c2ccc([N+](=O)[O-])cc2)C1. The van der Waals surface area contributed by atoms with Crippen molar-refractivity contribution in [2.45, 2.75) is 25.9 Å². The van der Waals surface area contributed by atoms with E-state index in [9.17, 15) is 19.3 Å². The van der Waals surface area contributed by atoms with Gasteiger partial charge in [0.1, 0.15) is 5.67 Å². The summed E-state index contributed by atoms with van der Waals surface area (Å²) < 4.78 is 13.9. The van der Waals surface area contributed by atoms with E-state index in [4.69, 9.17) is 0 Å². The molecule has 0 bridgehead atoms. The molecule has 5 nitrogen and oxygen atoms in total. The van der Waals surface area contributed by atoms with E-state index in [0.29, 0.717) is 25.1 Å². The molecule has 0 aromatic heterocycles. The van der Waals surface area contributed by atoms with Crippen LogP contribution in [0.2, 0.25) is 0 Å². The molecule has 108 valence electrons. The summed E-state index contributed by atoms with van der Waals surface area (Å²) >= 11 is 0. The van der Waals surface area contributed by atoms with E-state index in [-0.39, 0.29) is 17.5 Å². The topological polar surface area (TPSA) is 63.5 Å². The van der Waals surface area contributed by atoms with Gasteiger partial charge in [0.05, 0.1) is 4.92 Å². The lowest BCUT2D eigenvalue weighted by Gasteiger charge is -2.23. The molecule has 1 unspecified atom stereocenters. The molecule has 1 aliphatic rings. The number of hydrogen-bond acceptors (Lipinski definition) is 3. The summed E-state index contributed by atoms with van der Waals surface area (Å²) in [5.41, 5.74) is -0.955. The highest BCUT2D eigenvalue weighted by atomic mass is 19.1. The van der Waals surface area contributed by atoms with Crippen molar-refractivity contribution < 1.29 is 14.1 Å². The molecule has 0 saturated carbocycles.